The number of carbonyl (C=O) groups is 1. The van der Waals surface area contributed by atoms with E-state index in [2.05, 4.69) is 46.9 Å². The first-order valence-electron chi connectivity index (χ1n) is 6.31. The Bertz CT molecular complexity index is 845. The highest BCUT2D eigenvalue weighted by atomic mass is 79.9. The molecule has 2 aromatic heterocycles. The van der Waals surface area contributed by atoms with Crippen LogP contribution in [0.5, 0.6) is 0 Å². The molecule has 3 rings (SSSR count). The number of hydrogen-bond acceptors (Lipinski definition) is 2. The second-order valence-electron chi connectivity index (χ2n) is 5.15. The molecule has 20 heavy (non-hydrogen) atoms. The molecule has 0 aliphatic rings. The molecule has 1 aromatic carbocycles. The first-order valence-corrected chi connectivity index (χ1v) is 7.10. The zero-order chi connectivity index (χ0) is 14.6. The van der Waals surface area contributed by atoms with Crippen molar-refractivity contribution in [3.8, 4) is 0 Å². The summed E-state index contributed by atoms with van der Waals surface area (Å²) in [5, 5.41) is 9.26. The van der Waals surface area contributed by atoms with E-state index in [9.17, 15) is 9.90 Å². The largest absolute Gasteiger partial charge is 0.476 e. The number of imidazole rings is 2. The van der Waals surface area contributed by atoms with Crippen LogP contribution < -0.4 is 0 Å². The van der Waals surface area contributed by atoms with Crippen LogP contribution >= 0.6 is 15.9 Å². The number of halogens is 1. The van der Waals surface area contributed by atoms with Gasteiger partial charge in [-0.25, -0.2) is 9.78 Å². The van der Waals surface area contributed by atoms with E-state index in [1.807, 2.05) is 10.5 Å². The Kier molecular flexibility index (Phi) is 2.86. The molecule has 5 nitrogen and oxygen atoms in total. The Labute approximate surface area is 124 Å². The molecular formula is C14H14BrN3O2. The van der Waals surface area contributed by atoms with Crippen molar-refractivity contribution in [2.24, 2.45) is 7.05 Å². The van der Waals surface area contributed by atoms with Gasteiger partial charge in [0.15, 0.2) is 5.69 Å². The van der Waals surface area contributed by atoms with Crippen molar-refractivity contribution >= 4 is 38.7 Å². The Morgan fingerprint density at radius 2 is 2.10 bits per heavy atom. The summed E-state index contributed by atoms with van der Waals surface area (Å²) in [7, 11) is 1.71. The van der Waals surface area contributed by atoms with Crippen LogP contribution in [0.4, 0.5) is 0 Å². The Morgan fingerprint density at radius 3 is 2.70 bits per heavy atom. The highest BCUT2D eigenvalue weighted by molar-refractivity contribution is 9.10. The summed E-state index contributed by atoms with van der Waals surface area (Å²) in [6.45, 7) is 4.27. The zero-order valence-corrected chi connectivity index (χ0v) is 13.0. The Hall–Kier alpha value is -1.82. The van der Waals surface area contributed by atoms with Gasteiger partial charge in [0.2, 0.25) is 5.78 Å². The fraction of sp³-hybridized carbons (Fsp3) is 0.286. The van der Waals surface area contributed by atoms with Crippen molar-refractivity contribution in [2.75, 3.05) is 0 Å². The van der Waals surface area contributed by atoms with Gasteiger partial charge in [-0.1, -0.05) is 19.9 Å². The lowest BCUT2D eigenvalue weighted by molar-refractivity contribution is 0.0685. The average molecular weight is 336 g/mol. The van der Waals surface area contributed by atoms with Gasteiger partial charge in [-0.3, -0.25) is 4.40 Å². The predicted molar refractivity (Wildman–Crippen MR) is 80.4 cm³/mol. The van der Waals surface area contributed by atoms with Gasteiger partial charge >= 0.3 is 5.97 Å². The van der Waals surface area contributed by atoms with Crippen molar-refractivity contribution in [2.45, 2.75) is 19.8 Å². The van der Waals surface area contributed by atoms with E-state index in [4.69, 9.17) is 0 Å². The number of aromatic carboxylic acids is 1. The molecule has 0 unspecified atom stereocenters. The molecule has 0 aliphatic carbocycles. The minimum Gasteiger partial charge on any atom is -0.476 e. The topological polar surface area (TPSA) is 59.5 Å². The number of aromatic nitrogens is 3. The van der Waals surface area contributed by atoms with Crippen LogP contribution in [-0.2, 0) is 7.05 Å². The van der Waals surface area contributed by atoms with Gasteiger partial charge in [-0.15, -0.1) is 0 Å². The molecule has 0 fully saturated rings. The molecule has 104 valence electrons. The van der Waals surface area contributed by atoms with Crippen molar-refractivity contribution < 1.29 is 9.90 Å². The maximum Gasteiger partial charge on any atom is 0.355 e. The number of benzene rings is 1. The molecule has 1 N–H and O–H groups in total. The standard InChI is InChI=1S/C14H14BrN3O2/c1-7(2)8-4-5-10-9(6-8)16-14-17(3)11(13(19)20)12(15)18(10)14/h4-7H,1-3H3,(H,19,20). The van der Waals surface area contributed by atoms with E-state index >= 15 is 0 Å². The van der Waals surface area contributed by atoms with Crippen LogP contribution in [0.25, 0.3) is 16.8 Å². The van der Waals surface area contributed by atoms with Gasteiger partial charge in [0.1, 0.15) is 4.60 Å². The van der Waals surface area contributed by atoms with Gasteiger partial charge in [0.25, 0.3) is 0 Å². The molecule has 0 atom stereocenters. The lowest BCUT2D eigenvalue weighted by Crippen LogP contribution is -2.05. The summed E-state index contributed by atoms with van der Waals surface area (Å²) in [4.78, 5) is 15.9. The van der Waals surface area contributed by atoms with Gasteiger partial charge in [0.05, 0.1) is 11.0 Å². The zero-order valence-electron chi connectivity index (χ0n) is 11.4. The highest BCUT2D eigenvalue weighted by Gasteiger charge is 2.22. The highest BCUT2D eigenvalue weighted by Crippen LogP contribution is 2.28. The fourth-order valence-electron chi connectivity index (χ4n) is 2.44. The van der Waals surface area contributed by atoms with Crippen LogP contribution in [0.15, 0.2) is 22.8 Å². The first kappa shape index (κ1) is 13.2. The van der Waals surface area contributed by atoms with Gasteiger partial charge in [-0.2, -0.15) is 0 Å². The van der Waals surface area contributed by atoms with Crippen molar-refractivity contribution in [3.05, 3.63) is 34.1 Å². The van der Waals surface area contributed by atoms with E-state index in [1.54, 1.807) is 11.6 Å². The molecule has 0 saturated carbocycles. The van der Waals surface area contributed by atoms with Crippen molar-refractivity contribution in [1.29, 1.82) is 0 Å². The molecule has 0 spiro atoms. The number of carboxylic acids is 1. The first-order chi connectivity index (χ1) is 9.41. The molecular weight excluding hydrogens is 322 g/mol. The summed E-state index contributed by atoms with van der Waals surface area (Å²) in [5.74, 6) is 0.0734. The molecule has 0 amide bonds. The van der Waals surface area contributed by atoms with Crippen molar-refractivity contribution in [1.82, 2.24) is 14.0 Å². The van der Waals surface area contributed by atoms with E-state index in [1.165, 1.54) is 5.56 Å². The summed E-state index contributed by atoms with van der Waals surface area (Å²) < 4.78 is 3.92. The predicted octanol–water partition coefficient (Wildman–Crippen LogP) is 3.41. The second-order valence-corrected chi connectivity index (χ2v) is 5.90. The monoisotopic (exact) mass is 335 g/mol. The van der Waals surface area contributed by atoms with Gasteiger partial charge in [-0.05, 0) is 39.5 Å². The minimum absolute atomic E-state index is 0.197. The molecule has 0 aliphatic heterocycles. The van der Waals surface area contributed by atoms with E-state index in [-0.39, 0.29) is 5.69 Å². The van der Waals surface area contributed by atoms with Crippen LogP contribution in [0.1, 0.15) is 35.8 Å². The quantitative estimate of drug-likeness (QED) is 0.780. The minimum atomic E-state index is -0.975. The maximum atomic E-state index is 11.3. The molecule has 0 bridgehead atoms. The number of carboxylic acid groups (broad SMARTS) is 1. The van der Waals surface area contributed by atoms with E-state index < -0.39 is 5.97 Å². The summed E-state index contributed by atoms with van der Waals surface area (Å²) in [5.41, 5.74) is 3.19. The van der Waals surface area contributed by atoms with E-state index in [0.29, 0.717) is 16.3 Å². The van der Waals surface area contributed by atoms with Gasteiger partial charge in [0, 0.05) is 7.05 Å². The lowest BCUT2D eigenvalue weighted by atomic mass is 10.0. The number of rotatable bonds is 2. The molecule has 0 radical (unpaired) electrons. The summed E-state index contributed by atoms with van der Waals surface area (Å²) >= 11 is 3.37. The van der Waals surface area contributed by atoms with Crippen molar-refractivity contribution in [3.63, 3.8) is 0 Å². The molecule has 3 aromatic rings. The maximum absolute atomic E-state index is 11.3. The molecule has 6 heteroatoms. The Balaban J connectivity index is 2.40. The average Bonchev–Trinajstić information content (AvgIpc) is 2.85. The number of fused-ring (bicyclic) bond motifs is 3. The lowest BCUT2D eigenvalue weighted by Gasteiger charge is -2.04. The third-order valence-electron chi connectivity index (χ3n) is 3.56. The molecule has 0 saturated heterocycles. The third-order valence-corrected chi connectivity index (χ3v) is 4.29. The Morgan fingerprint density at radius 1 is 1.40 bits per heavy atom. The van der Waals surface area contributed by atoms with Crippen LogP contribution in [0.2, 0.25) is 0 Å². The second kappa shape index (κ2) is 4.34. The third kappa shape index (κ3) is 1.67. The van der Waals surface area contributed by atoms with Crippen LogP contribution in [-0.4, -0.2) is 25.0 Å². The number of aryl methyl sites for hydroxylation is 1. The van der Waals surface area contributed by atoms with E-state index in [0.717, 1.165) is 11.0 Å². The number of nitrogens with zero attached hydrogens (tertiary/aromatic N) is 3. The SMILES string of the molecule is CC(C)c1ccc2c(c1)nc1n(C)c(C(=O)O)c(Br)n21. The smallest absolute Gasteiger partial charge is 0.355 e. The normalized spacial score (nSPS) is 11.8. The van der Waals surface area contributed by atoms with Gasteiger partial charge < -0.3 is 9.67 Å². The summed E-state index contributed by atoms with van der Waals surface area (Å²) in [6, 6.07) is 6.10. The fourth-order valence-corrected chi connectivity index (χ4v) is 3.22. The van der Waals surface area contributed by atoms with Crippen LogP contribution in [0.3, 0.4) is 0 Å². The number of hydrogen-bond donors (Lipinski definition) is 1. The van der Waals surface area contributed by atoms with Crippen LogP contribution in [0, 0.1) is 0 Å². The summed E-state index contributed by atoms with van der Waals surface area (Å²) in [6.07, 6.45) is 0. The molecule has 2 heterocycles.